The van der Waals surface area contributed by atoms with Crippen molar-refractivity contribution in [2.75, 3.05) is 6.07 Å². The molecule has 19 heavy (non-hydrogen) atoms. The maximum atomic E-state index is 5.59. The Morgan fingerprint density at radius 3 is 2.58 bits per heavy atom. The van der Waals surface area contributed by atoms with Gasteiger partial charge in [0.05, 0.1) is 11.7 Å². The molecule has 0 unspecified atom stereocenters. The number of halogens is 1. The Morgan fingerprint density at radius 1 is 1.26 bits per heavy atom. The molecule has 1 heterocycles. The Kier molecular flexibility index (Phi) is 4.00. The number of pyridine rings is 1. The molecule has 0 amide bonds. The molecule has 0 N–H and O–H groups in total. The van der Waals surface area contributed by atoms with E-state index in [-0.39, 0.29) is 11.5 Å². The third-order valence-corrected chi connectivity index (χ3v) is 3.38. The molecule has 0 fully saturated rings. The highest BCUT2D eigenvalue weighted by atomic mass is 35.5. The summed E-state index contributed by atoms with van der Waals surface area (Å²) in [5.41, 5.74) is 3.82. The van der Waals surface area contributed by atoms with Gasteiger partial charge < -0.3 is 4.74 Å². The van der Waals surface area contributed by atoms with Crippen LogP contribution in [-0.2, 0) is 11.8 Å². The number of nitrogens with zero attached hydrogens (tertiary/aromatic N) is 1. The van der Waals surface area contributed by atoms with Gasteiger partial charge in [-0.25, -0.2) is 0 Å². The average Bonchev–Trinajstić information content (AvgIpc) is 2.36. The third-order valence-electron chi connectivity index (χ3n) is 3.27. The topological polar surface area (TPSA) is 22.1 Å². The van der Waals surface area contributed by atoms with Crippen LogP contribution in [0.4, 0.5) is 0 Å². The van der Waals surface area contributed by atoms with E-state index in [1.165, 1.54) is 11.1 Å². The van der Waals surface area contributed by atoms with Crippen LogP contribution in [0.2, 0.25) is 0 Å². The van der Waals surface area contributed by atoms with Crippen molar-refractivity contribution in [2.24, 2.45) is 0 Å². The summed E-state index contributed by atoms with van der Waals surface area (Å²) in [6.45, 7) is 8.87. The van der Waals surface area contributed by atoms with E-state index < -0.39 is 0 Å². The fraction of sp³-hybridized carbons (Fsp3) is 0.438. The summed E-state index contributed by atoms with van der Waals surface area (Å²) < 4.78 is 5.30. The molecule has 0 saturated heterocycles. The van der Waals surface area contributed by atoms with Gasteiger partial charge >= 0.3 is 0 Å². The standard InChI is InChI=1S/C16H20ClNO/c1-5-11-6-7-12-8-13(19-10-17)9-18-15(12)14(11)16(2,3)4/h6-9H,5,10H2,1-4H3. The predicted molar refractivity (Wildman–Crippen MR) is 81.2 cm³/mol. The van der Waals surface area contributed by atoms with Gasteiger partial charge in [0, 0.05) is 5.39 Å². The largest absolute Gasteiger partial charge is 0.476 e. The van der Waals surface area contributed by atoms with Crippen molar-refractivity contribution in [1.82, 2.24) is 4.98 Å². The number of rotatable bonds is 3. The van der Waals surface area contributed by atoms with Crippen LogP contribution < -0.4 is 4.74 Å². The van der Waals surface area contributed by atoms with Crippen molar-refractivity contribution < 1.29 is 4.74 Å². The molecule has 0 saturated carbocycles. The van der Waals surface area contributed by atoms with E-state index in [1.54, 1.807) is 6.20 Å². The lowest BCUT2D eigenvalue weighted by molar-refractivity contribution is 0.387. The smallest absolute Gasteiger partial charge is 0.162 e. The monoisotopic (exact) mass is 277 g/mol. The van der Waals surface area contributed by atoms with Crippen LogP contribution in [-0.4, -0.2) is 11.1 Å². The maximum absolute atomic E-state index is 5.59. The fourth-order valence-corrected chi connectivity index (χ4v) is 2.62. The van der Waals surface area contributed by atoms with Gasteiger partial charge in [0.1, 0.15) is 5.75 Å². The van der Waals surface area contributed by atoms with E-state index in [9.17, 15) is 0 Å². The summed E-state index contributed by atoms with van der Waals surface area (Å²) >= 11 is 5.59. The number of aryl methyl sites for hydroxylation is 1. The minimum Gasteiger partial charge on any atom is -0.476 e. The van der Waals surface area contributed by atoms with Crippen LogP contribution in [0.3, 0.4) is 0 Å². The molecule has 102 valence electrons. The van der Waals surface area contributed by atoms with Crippen molar-refractivity contribution in [2.45, 2.75) is 39.5 Å². The average molecular weight is 278 g/mol. The minimum atomic E-state index is 0.0761. The Labute approximate surface area is 119 Å². The van der Waals surface area contributed by atoms with Crippen molar-refractivity contribution in [3.63, 3.8) is 0 Å². The lowest BCUT2D eigenvalue weighted by Crippen LogP contribution is -2.15. The van der Waals surface area contributed by atoms with Crippen molar-refractivity contribution in [3.05, 3.63) is 35.5 Å². The zero-order chi connectivity index (χ0) is 14.0. The van der Waals surface area contributed by atoms with E-state index in [2.05, 4.69) is 44.8 Å². The van der Waals surface area contributed by atoms with Crippen molar-refractivity contribution >= 4 is 22.5 Å². The first-order valence-electron chi connectivity index (χ1n) is 6.58. The van der Waals surface area contributed by atoms with Crippen LogP contribution in [0, 0.1) is 0 Å². The number of hydrogen-bond donors (Lipinski definition) is 0. The van der Waals surface area contributed by atoms with Crippen molar-refractivity contribution in [1.29, 1.82) is 0 Å². The first-order chi connectivity index (χ1) is 8.97. The molecule has 1 aromatic carbocycles. The SMILES string of the molecule is CCc1ccc2cc(OCCl)cnc2c1C(C)(C)C. The van der Waals surface area contributed by atoms with Crippen LogP contribution in [0.5, 0.6) is 5.75 Å². The number of ether oxygens (including phenoxy) is 1. The van der Waals surface area contributed by atoms with Crippen LogP contribution in [0.15, 0.2) is 24.4 Å². The molecule has 0 aliphatic rings. The van der Waals surface area contributed by atoms with Gasteiger partial charge in [0.2, 0.25) is 0 Å². The molecule has 1 aromatic heterocycles. The Morgan fingerprint density at radius 2 is 2.00 bits per heavy atom. The quantitative estimate of drug-likeness (QED) is 0.761. The molecule has 2 rings (SSSR count). The highest BCUT2D eigenvalue weighted by Crippen LogP contribution is 2.33. The summed E-state index contributed by atoms with van der Waals surface area (Å²) in [5.74, 6) is 0.714. The second kappa shape index (κ2) is 5.38. The number of alkyl halides is 1. The lowest BCUT2D eigenvalue weighted by Gasteiger charge is -2.24. The Bertz CT molecular complexity index is 587. The summed E-state index contributed by atoms with van der Waals surface area (Å²) in [7, 11) is 0. The van der Waals surface area contributed by atoms with Gasteiger partial charge in [-0.1, -0.05) is 51.4 Å². The van der Waals surface area contributed by atoms with Gasteiger partial charge in [0.25, 0.3) is 0 Å². The summed E-state index contributed by atoms with van der Waals surface area (Å²) in [6, 6.07) is 6.44. The second-order valence-corrected chi connectivity index (χ2v) is 5.92. The molecule has 2 nitrogen and oxygen atoms in total. The predicted octanol–water partition coefficient (Wildman–Crippen LogP) is 4.67. The van der Waals surface area contributed by atoms with E-state index >= 15 is 0 Å². The highest BCUT2D eigenvalue weighted by molar-refractivity contribution is 6.17. The summed E-state index contributed by atoms with van der Waals surface area (Å²) in [4.78, 5) is 4.59. The molecular formula is C16H20ClNO. The Hall–Kier alpha value is -1.28. The molecule has 0 aliphatic carbocycles. The molecule has 0 bridgehead atoms. The highest BCUT2D eigenvalue weighted by Gasteiger charge is 2.21. The molecule has 0 spiro atoms. The molecule has 0 atom stereocenters. The number of fused-ring (bicyclic) bond motifs is 1. The molecule has 2 aromatic rings. The fourth-order valence-electron chi connectivity index (χ4n) is 2.50. The number of aromatic nitrogens is 1. The van der Waals surface area contributed by atoms with E-state index in [4.69, 9.17) is 16.3 Å². The first kappa shape index (κ1) is 14.1. The minimum absolute atomic E-state index is 0.0761. The maximum Gasteiger partial charge on any atom is 0.162 e. The van der Waals surface area contributed by atoms with E-state index in [0.717, 1.165) is 17.3 Å². The van der Waals surface area contributed by atoms with Gasteiger partial charge in [-0.15, -0.1) is 0 Å². The Balaban J connectivity index is 2.69. The molecule has 0 aliphatic heterocycles. The van der Waals surface area contributed by atoms with Crippen LogP contribution in [0.1, 0.15) is 38.8 Å². The van der Waals surface area contributed by atoms with Crippen LogP contribution >= 0.6 is 11.6 Å². The van der Waals surface area contributed by atoms with E-state index in [0.29, 0.717) is 5.75 Å². The molecular weight excluding hydrogens is 258 g/mol. The summed E-state index contributed by atoms with van der Waals surface area (Å²) in [5, 5.41) is 1.10. The van der Waals surface area contributed by atoms with Crippen LogP contribution in [0.25, 0.3) is 10.9 Å². The zero-order valence-electron chi connectivity index (χ0n) is 12.0. The number of benzene rings is 1. The normalized spacial score (nSPS) is 11.8. The number of hydrogen-bond acceptors (Lipinski definition) is 2. The van der Waals surface area contributed by atoms with Crippen molar-refractivity contribution in [3.8, 4) is 5.75 Å². The first-order valence-corrected chi connectivity index (χ1v) is 7.11. The summed E-state index contributed by atoms with van der Waals surface area (Å²) in [6.07, 6.45) is 2.77. The molecule has 0 radical (unpaired) electrons. The van der Waals surface area contributed by atoms with Gasteiger partial charge in [-0.3, -0.25) is 4.98 Å². The second-order valence-electron chi connectivity index (χ2n) is 5.70. The van der Waals surface area contributed by atoms with E-state index in [1.807, 2.05) is 6.07 Å². The zero-order valence-corrected chi connectivity index (χ0v) is 12.7. The molecule has 3 heteroatoms. The van der Waals surface area contributed by atoms with Gasteiger partial charge in [-0.05, 0) is 29.0 Å². The lowest BCUT2D eigenvalue weighted by atomic mass is 9.81. The third kappa shape index (κ3) is 2.84. The van der Waals surface area contributed by atoms with Gasteiger partial charge in [0.15, 0.2) is 6.07 Å². The van der Waals surface area contributed by atoms with Gasteiger partial charge in [-0.2, -0.15) is 0 Å².